The molecular weight excluding hydrogens is 441 g/mol. The monoisotopic (exact) mass is 457 g/mol. The molecule has 1 aromatic heterocycles. The molecule has 0 radical (unpaired) electrons. The molecule has 1 aliphatic heterocycles. The second-order valence-electron chi connectivity index (χ2n) is 5.43. The summed E-state index contributed by atoms with van der Waals surface area (Å²) in [7, 11) is 0. The second kappa shape index (κ2) is 8.02. The van der Waals surface area contributed by atoms with Gasteiger partial charge in [0, 0.05) is 29.7 Å². The number of hydrogen-bond donors (Lipinski definition) is 0. The van der Waals surface area contributed by atoms with E-state index in [4.69, 9.17) is 16.3 Å². The van der Waals surface area contributed by atoms with Gasteiger partial charge in [-0.25, -0.2) is 4.98 Å². The van der Waals surface area contributed by atoms with E-state index in [-0.39, 0.29) is 12.5 Å². The lowest BCUT2D eigenvalue weighted by molar-refractivity contribution is -0.133. The molecule has 2 heterocycles. The van der Waals surface area contributed by atoms with E-state index in [1.165, 1.54) is 0 Å². The lowest BCUT2D eigenvalue weighted by Crippen LogP contribution is -2.50. The van der Waals surface area contributed by atoms with Crippen molar-refractivity contribution in [2.24, 2.45) is 0 Å². The summed E-state index contributed by atoms with van der Waals surface area (Å²) in [6, 6.07) is 13.2. The highest BCUT2D eigenvalue weighted by molar-refractivity contribution is 14.1. The van der Waals surface area contributed by atoms with Crippen LogP contribution >= 0.6 is 34.2 Å². The Kier molecular flexibility index (Phi) is 5.78. The average Bonchev–Trinajstić information content (AvgIpc) is 2.61. The Labute approximate surface area is 159 Å². The first-order valence-electron chi connectivity index (χ1n) is 7.65. The van der Waals surface area contributed by atoms with Crippen molar-refractivity contribution in [3.63, 3.8) is 0 Å². The third kappa shape index (κ3) is 4.51. The van der Waals surface area contributed by atoms with Gasteiger partial charge in [0.2, 0.25) is 0 Å². The van der Waals surface area contributed by atoms with Crippen LogP contribution in [0.2, 0.25) is 5.15 Å². The molecule has 2 aromatic rings. The van der Waals surface area contributed by atoms with Gasteiger partial charge in [0.1, 0.15) is 16.7 Å². The quantitative estimate of drug-likeness (QED) is 0.523. The maximum atomic E-state index is 12.3. The molecule has 5 nitrogen and oxygen atoms in total. The van der Waals surface area contributed by atoms with E-state index in [1.54, 1.807) is 6.07 Å². The topological polar surface area (TPSA) is 45.7 Å². The van der Waals surface area contributed by atoms with Gasteiger partial charge in [0.05, 0.1) is 0 Å². The largest absolute Gasteiger partial charge is 0.484 e. The molecule has 3 rings (SSSR count). The van der Waals surface area contributed by atoms with Gasteiger partial charge in [-0.1, -0.05) is 17.7 Å². The highest BCUT2D eigenvalue weighted by atomic mass is 127. The van der Waals surface area contributed by atoms with Gasteiger partial charge in [-0.15, -0.1) is 0 Å². The van der Waals surface area contributed by atoms with Crippen molar-refractivity contribution in [3.05, 3.63) is 51.2 Å². The van der Waals surface area contributed by atoms with Crippen molar-refractivity contribution in [1.82, 2.24) is 9.88 Å². The first kappa shape index (κ1) is 17.3. The number of aromatic nitrogens is 1. The first-order chi connectivity index (χ1) is 11.6. The number of ether oxygens (including phenoxy) is 1. The van der Waals surface area contributed by atoms with Gasteiger partial charge < -0.3 is 14.5 Å². The summed E-state index contributed by atoms with van der Waals surface area (Å²) in [5.41, 5.74) is 0. The molecule has 0 unspecified atom stereocenters. The van der Waals surface area contributed by atoms with Crippen LogP contribution in [0.1, 0.15) is 0 Å². The Balaban J connectivity index is 1.49. The van der Waals surface area contributed by atoms with Gasteiger partial charge in [-0.05, 0) is 59.0 Å². The van der Waals surface area contributed by atoms with Crippen LogP contribution in [0.15, 0.2) is 42.5 Å². The molecule has 1 amide bonds. The van der Waals surface area contributed by atoms with E-state index >= 15 is 0 Å². The van der Waals surface area contributed by atoms with Crippen LogP contribution in [0.4, 0.5) is 5.82 Å². The molecule has 1 aliphatic rings. The third-order valence-electron chi connectivity index (χ3n) is 3.83. The van der Waals surface area contributed by atoms with Crippen molar-refractivity contribution in [2.75, 3.05) is 37.7 Å². The standard InChI is InChI=1S/C17H17ClIN3O2/c18-15-2-1-3-16(20-15)21-8-10-22(11-9-21)17(23)12-24-14-6-4-13(19)5-7-14/h1-7H,8-12H2. The summed E-state index contributed by atoms with van der Waals surface area (Å²) >= 11 is 8.17. The molecule has 1 fully saturated rings. The zero-order valence-electron chi connectivity index (χ0n) is 13.0. The highest BCUT2D eigenvalue weighted by Gasteiger charge is 2.22. The number of halogens is 2. The van der Waals surface area contributed by atoms with Crippen molar-refractivity contribution >= 4 is 45.9 Å². The molecule has 1 aromatic carbocycles. The summed E-state index contributed by atoms with van der Waals surface area (Å²) in [6.07, 6.45) is 0. The van der Waals surface area contributed by atoms with Crippen molar-refractivity contribution in [1.29, 1.82) is 0 Å². The SMILES string of the molecule is O=C(COc1ccc(I)cc1)N1CCN(c2cccc(Cl)n2)CC1. The van der Waals surface area contributed by atoms with Crippen LogP contribution in [-0.2, 0) is 4.79 Å². The summed E-state index contributed by atoms with van der Waals surface area (Å²) in [4.78, 5) is 20.6. The van der Waals surface area contributed by atoms with Crippen molar-refractivity contribution in [2.45, 2.75) is 0 Å². The Morgan fingerprint density at radius 1 is 1.12 bits per heavy atom. The van der Waals surface area contributed by atoms with Crippen LogP contribution in [0.3, 0.4) is 0 Å². The molecule has 0 saturated carbocycles. The molecule has 7 heteroatoms. The lowest BCUT2D eigenvalue weighted by atomic mass is 10.3. The van der Waals surface area contributed by atoms with Crippen LogP contribution in [-0.4, -0.2) is 48.6 Å². The molecular formula is C17H17ClIN3O2. The fourth-order valence-electron chi connectivity index (χ4n) is 2.53. The Hall–Kier alpha value is -1.54. The number of carbonyl (C=O) groups is 1. The van der Waals surface area contributed by atoms with E-state index in [1.807, 2.05) is 41.3 Å². The van der Waals surface area contributed by atoms with Crippen molar-refractivity contribution in [3.8, 4) is 5.75 Å². The maximum absolute atomic E-state index is 12.3. The van der Waals surface area contributed by atoms with E-state index in [2.05, 4.69) is 32.5 Å². The molecule has 0 spiro atoms. The molecule has 24 heavy (non-hydrogen) atoms. The normalized spacial score (nSPS) is 14.6. The van der Waals surface area contributed by atoms with Gasteiger partial charge in [-0.3, -0.25) is 4.79 Å². The number of amides is 1. The number of benzene rings is 1. The number of anilines is 1. The summed E-state index contributed by atoms with van der Waals surface area (Å²) in [5.74, 6) is 1.57. The lowest BCUT2D eigenvalue weighted by Gasteiger charge is -2.35. The zero-order valence-corrected chi connectivity index (χ0v) is 15.9. The fourth-order valence-corrected chi connectivity index (χ4v) is 3.04. The van der Waals surface area contributed by atoms with E-state index in [0.29, 0.717) is 24.0 Å². The van der Waals surface area contributed by atoms with Crippen LogP contribution in [0, 0.1) is 3.57 Å². The van der Waals surface area contributed by atoms with Crippen molar-refractivity contribution < 1.29 is 9.53 Å². The number of hydrogen-bond acceptors (Lipinski definition) is 4. The number of nitrogens with zero attached hydrogens (tertiary/aromatic N) is 3. The first-order valence-corrected chi connectivity index (χ1v) is 9.11. The van der Waals surface area contributed by atoms with Gasteiger partial charge in [0.25, 0.3) is 5.91 Å². The molecule has 0 N–H and O–H groups in total. The predicted octanol–water partition coefficient (Wildman–Crippen LogP) is 3.07. The van der Waals surface area contributed by atoms with Gasteiger partial charge in [0.15, 0.2) is 6.61 Å². The molecule has 0 atom stereocenters. The molecule has 0 aliphatic carbocycles. The minimum absolute atomic E-state index is 0.00672. The third-order valence-corrected chi connectivity index (χ3v) is 4.76. The molecule has 1 saturated heterocycles. The van der Waals surface area contributed by atoms with Crippen LogP contribution in [0.25, 0.3) is 0 Å². The number of carbonyl (C=O) groups excluding carboxylic acids is 1. The Morgan fingerprint density at radius 3 is 2.50 bits per heavy atom. The summed E-state index contributed by atoms with van der Waals surface area (Å²) in [5, 5.41) is 0.483. The average molecular weight is 458 g/mol. The number of piperazine rings is 1. The minimum atomic E-state index is 0.00672. The highest BCUT2D eigenvalue weighted by Crippen LogP contribution is 2.17. The minimum Gasteiger partial charge on any atom is -0.484 e. The molecule has 126 valence electrons. The van der Waals surface area contributed by atoms with Crippen LogP contribution < -0.4 is 9.64 Å². The van der Waals surface area contributed by atoms with E-state index < -0.39 is 0 Å². The summed E-state index contributed by atoms with van der Waals surface area (Å²) < 4.78 is 6.70. The van der Waals surface area contributed by atoms with E-state index in [9.17, 15) is 4.79 Å². The van der Waals surface area contributed by atoms with Gasteiger partial charge in [-0.2, -0.15) is 0 Å². The maximum Gasteiger partial charge on any atom is 0.260 e. The Morgan fingerprint density at radius 2 is 1.83 bits per heavy atom. The van der Waals surface area contributed by atoms with Crippen LogP contribution in [0.5, 0.6) is 5.75 Å². The van der Waals surface area contributed by atoms with E-state index in [0.717, 1.165) is 22.5 Å². The zero-order chi connectivity index (χ0) is 16.9. The fraction of sp³-hybridized carbons (Fsp3) is 0.294. The Bertz CT molecular complexity index is 703. The number of rotatable bonds is 4. The molecule has 0 bridgehead atoms. The second-order valence-corrected chi connectivity index (χ2v) is 7.06. The summed E-state index contributed by atoms with van der Waals surface area (Å²) in [6.45, 7) is 2.85. The number of pyridine rings is 1. The predicted molar refractivity (Wildman–Crippen MR) is 103 cm³/mol. The smallest absolute Gasteiger partial charge is 0.260 e. The van der Waals surface area contributed by atoms with Gasteiger partial charge >= 0.3 is 0 Å².